The molecule has 1 aliphatic heterocycles. The van der Waals surface area contributed by atoms with E-state index in [9.17, 15) is 5.11 Å². The van der Waals surface area contributed by atoms with Crippen LogP contribution in [0.1, 0.15) is 12.8 Å². The number of likely N-dealkylation sites (tertiary alicyclic amines) is 1. The van der Waals surface area contributed by atoms with Gasteiger partial charge >= 0.3 is 0 Å². The molecule has 0 amide bonds. The Bertz CT molecular complexity index is 96.3. The highest BCUT2D eigenvalue weighted by Gasteiger charge is 2.23. The second-order valence-electron chi connectivity index (χ2n) is 2.99. The first kappa shape index (κ1) is 8.97. The highest BCUT2D eigenvalue weighted by molar-refractivity contribution is 4.78. The molecule has 3 heteroatoms. The molecule has 0 aliphatic carbocycles. The number of nitrogens with zero attached hydrogens (tertiary/aromatic N) is 1. The average molecular weight is 158 g/mol. The summed E-state index contributed by atoms with van der Waals surface area (Å²) >= 11 is 0. The van der Waals surface area contributed by atoms with E-state index in [1.165, 1.54) is 12.8 Å². The van der Waals surface area contributed by atoms with Crippen molar-refractivity contribution < 1.29 is 9.84 Å². The average Bonchev–Trinajstić information content (AvgIpc) is 2.39. The molecule has 0 aromatic carbocycles. The van der Waals surface area contributed by atoms with Gasteiger partial charge in [0.05, 0.1) is 13.2 Å². The Hall–Kier alpha value is -0.120. The lowest BCUT2D eigenvalue weighted by Crippen LogP contribution is -2.34. The van der Waals surface area contributed by atoms with E-state index in [1.54, 1.807) is 7.11 Å². The Kier molecular flexibility index (Phi) is 3.83. The van der Waals surface area contributed by atoms with Gasteiger partial charge in [-0.25, -0.2) is 5.11 Å². The summed E-state index contributed by atoms with van der Waals surface area (Å²) in [6.45, 7) is 2.56. The lowest BCUT2D eigenvalue weighted by molar-refractivity contribution is 0.0873. The molecule has 65 valence electrons. The van der Waals surface area contributed by atoms with Crippen molar-refractivity contribution in [2.24, 2.45) is 0 Å². The highest BCUT2D eigenvalue weighted by Crippen LogP contribution is 2.16. The van der Waals surface area contributed by atoms with Crippen LogP contribution in [-0.2, 0) is 9.84 Å². The Balaban J connectivity index is 2.25. The molecule has 1 fully saturated rings. The van der Waals surface area contributed by atoms with Crippen LogP contribution < -0.4 is 0 Å². The fraction of sp³-hybridized carbons (Fsp3) is 1.00. The summed E-state index contributed by atoms with van der Waals surface area (Å²) in [5.41, 5.74) is 0. The van der Waals surface area contributed by atoms with Gasteiger partial charge in [-0.15, -0.1) is 0 Å². The van der Waals surface area contributed by atoms with Crippen LogP contribution in [0.5, 0.6) is 0 Å². The van der Waals surface area contributed by atoms with E-state index >= 15 is 0 Å². The van der Waals surface area contributed by atoms with E-state index < -0.39 is 0 Å². The van der Waals surface area contributed by atoms with Crippen LogP contribution in [0.3, 0.4) is 0 Å². The van der Waals surface area contributed by atoms with E-state index in [0.717, 1.165) is 13.2 Å². The van der Waals surface area contributed by atoms with Gasteiger partial charge in [-0.1, -0.05) is 0 Å². The molecule has 1 heterocycles. The van der Waals surface area contributed by atoms with Gasteiger partial charge in [-0.3, -0.25) is 4.90 Å². The van der Waals surface area contributed by atoms with Crippen molar-refractivity contribution in [3.05, 3.63) is 0 Å². The second kappa shape index (κ2) is 4.70. The molecule has 0 saturated carbocycles. The molecular formula is C8H16NO2. The van der Waals surface area contributed by atoms with Crippen LogP contribution in [0.15, 0.2) is 0 Å². The summed E-state index contributed by atoms with van der Waals surface area (Å²) in [6, 6.07) is 0.508. The summed E-state index contributed by atoms with van der Waals surface area (Å²) in [6.07, 6.45) is 2.40. The predicted molar refractivity (Wildman–Crippen MR) is 42.0 cm³/mol. The SMILES string of the molecule is COCC1CCCN1CC[O]. The van der Waals surface area contributed by atoms with Crippen LogP contribution >= 0.6 is 0 Å². The van der Waals surface area contributed by atoms with Crippen LogP contribution in [0.25, 0.3) is 0 Å². The molecule has 0 spiro atoms. The van der Waals surface area contributed by atoms with Crippen LogP contribution in [0.2, 0.25) is 0 Å². The van der Waals surface area contributed by atoms with E-state index in [1.807, 2.05) is 0 Å². The maximum absolute atomic E-state index is 10.4. The number of rotatable bonds is 4. The predicted octanol–water partition coefficient (Wildman–Crippen LogP) is 0.528. The highest BCUT2D eigenvalue weighted by atomic mass is 16.5. The Labute approximate surface area is 68.0 Å². The van der Waals surface area contributed by atoms with Gasteiger partial charge in [0.1, 0.15) is 0 Å². The lowest BCUT2D eigenvalue weighted by atomic mass is 10.2. The Morgan fingerprint density at radius 3 is 3.09 bits per heavy atom. The fourth-order valence-electron chi connectivity index (χ4n) is 1.69. The minimum absolute atomic E-state index is 0.0141. The van der Waals surface area contributed by atoms with Crippen molar-refractivity contribution in [1.29, 1.82) is 0 Å². The molecule has 1 saturated heterocycles. The van der Waals surface area contributed by atoms with Crippen LogP contribution in [0, 0.1) is 0 Å². The number of hydrogen-bond acceptors (Lipinski definition) is 2. The third kappa shape index (κ3) is 2.43. The smallest absolute Gasteiger partial charge is 0.0949 e. The standard InChI is InChI=1S/C8H16NO2/c1-11-7-8-3-2-4-9(8)5-6-10/h8H,2-7H2,1H3. The molecule has 0 bridgehead atoms. The lowest BCUT2D eigenvalue weighted by Gasteiger charge is -2.21. The van der Waals surface area contributed by atoms with E-state index in [4.69, 9.17) is 4.74 Å². The van der Waals surface area contributed by atoms with Crippen molar-refractivity contribution in [3.63, 3.8) is 0 Å². The molecule has 11 heavy (non-hydrogen) atoms. The molecule has 0 aromatic rings. The largest absolute Gasteiger partial charge is 0.383 e. The molecule has 1 radical (unpaired) electrons. The normalized spacial score (nSPS) is 26.2. The molecule has 1 aliphatic rings. The van der Waals surface area contributed by atoms with Crippen molar-refractivity contribution in [3.8, 4) is 0 Å². The van der Waals surface area contributed by atoms with Crippen molar-refractivity contribution >= 4 is 0 Å². The van der Waals surface area contributed by atoms with Gasteiger partial charge in [0.15, 0.2) is 0 Å². The number of methoxy groups -OCH3 is 1. The molecular weight excluding hydrogens is 142 g/mol. The first-order valence-corrected chi connectivity index (χ1v) is 4.19. The molecule has 1 atom stereocenters. The first-order chi connectivity index (χ1) is 5.38. The van der Waals surface area contributed by atoms with Crippen molar-refractivity contribution in [2.45, 2.75) is 18.9 Å². The third-order valence-electron chi connectivity index (χ3n) is 2.24. The summed E-state index contributed by atoms with van der Waals surface area (Å²) in [5.74, 6) is 0. The molecule has 0 N–H and O–H groups in total. The van der Waals surface area contributed by atoms with Gasteiger partial charge in [-0.2, -0.15) is 0 Å². The van der Waals surface area contributed by atoms with Crippen LogP contribution in [0.4, 0.5) is 0 Å². The maximum atomic E-state index is 10.4. The molecule has 1 unspecified atom stereocenters. The zero-order valence-corrected chi connectivity index (χ0v) is 7.08. The summed E-state index contributed by atoms with van der Waals surface area (Å²) in [5, 5.41) is 10.4. The molecule has 3 nitrogen and oxygen atoms in total. The number of hydrogen-bond donors (Lipinski definition) is 0. The quantitative estimate of drug-likeness (QED) is 0.597. The summed E-state index contributed by atoms with van der Waals surface area (Å²) < 4.78 is 5.06. The monoisotopic (exact) mass is 158 g/mol. The van der Waals surface area contributed by atoms with Gasteiger partial charge in [0, 0.05) is 19.7 Å². The molecule has 0 aromatic heterocycles. The van der Waals surface area contributed by atoms with Crippen molar-refractivity contribution in [2.75, 3.05) is 33.4 Å². The fourth-order valence-corrected chi connectivity index (χ4v) is 1.69. The van der Waals surface area contributed by atoms with E-state index in [2.05, 4.69) is 4.90 Å². The van der Waals surface area contributed by atoms with E-state index in [0.29, 0.717) is 12.6 Å². The first-order valence-electron chi connectivity index (χ1n) is 4.19. The molecule has 1 rings (SSSR count). The summed E-state index contributed by atoms with van der Waals surface area (Å²) in [4.78, 5) is 2.23. The summed E-state index contributed by atoms with van der Waals surface area (Å²) in [7, 11) is 1.72. The van der Waals surface area contributed by atoms with Gasteiger partial charge in [0.25, 0.3) is 0 Å². The zero-order valence-electron chi connectivity index (χ0n) is 7.08. The van der Waals surface area contributed by atoms with Gasteiger partial charge < -0.3 is 4.74 Å². The van der Waals surface area contributed by atoms with Crippen LogP contribution in [-0.4, -0.2) is 44.4 Å². The maximum Gasteiger partial charge on any atom is 0.0949 e. The van der Waals surface area contributed by atoms with Gasteiger partial charge in [-0.05, 0) is 19.4 Å². The third-order valence-corrected chi connectivity index (χ3v) is 2.24. The Morgan fingerprint density at radius 2 is 2.45 bits per heavy atom. The minimum atomic E-state index is 0.0141. The Morgan fingerprint density at radius 1 is 1.64 bits per heavy atom. The van der Waals surface area contributed by atoms with Gasteiger partial charge in [0.2, 0.25) is 0 Å². The second-order valence-corrected chi connectivity index (χ2v) is 2.99. The zero-order chi connectivity index (χ0) is 8.10. The number of ether oxygens (including phenoxy) is 1. The van der Waals surface area contributed by atoms with Crippen molar-refractivity contribution in [1.82, 2.24) is 4.90 Å². The topological polar surface area (TPSA) is 32.4 Å². The minimum Gasteiger partial charge on any atom is -0.383 e. The van der Waals surface area contributed by atoms with E-state index in [-0.39, 0.29) is 6.61 Å².